The van der Waals surface area contributed by atoms with Gasteiger partial charge in [0.1, 0.15) is 30.5 Å². The normalized spacial score (nSPS) is 19.1. The fourth-order valence-electron chi connectivity index (χ4n) is 9.23. The average molecular weight is 1090 g/mol. The molecule has 13 heteroatoms. The first-order valence-corrected chi connectivity index (χ1v) is 32.1. The van der Waals surface area contributed by atoms with Gasteiger partial charge in [0.2, 0.25) is 0 Å². The predicted octanol–water partition coefficient (Wildman–Crippen LogP) is 15.8. The summed E-state index contributed by atoms with van der Waals surface area (Å²) in [5, 5.41) is 30.9. The van der Waals surface area contributed by atoms with Gasteiger partial charge in [0.15, 0.2) is 6.29 Å². The zero-order chi connectivity index (χ0) is 55.3. The minimum Gasteiger partial charge on any atom is -0.457 e. The summed E-state index contributed by atoms with van der Waals surface area (Å²) in [4.78, 5) is 13.0. The van der Waals surface area contributed by atoms with E-state index in [4.69, 9.17) is 18.9 Å². The number of carbonyl (C=O) groups is 1. The molecule has 1 saturated heterocycles. The minimum absolute atomic E-state index is 0.0325. The molecule has 1 aliphatic heterocycles. The van der Waals surface area contributed by atoms with E-state index in [9.17, 15) is 33.1 Å². The zero-order valence-electron chi connectivity index (χ0n) is 48.1. The lowest BCUT2D eigenvalue weighted by atomic mass is 9.99. The molecule has 442 valence electrons. The number of unbranched alkanes of at least 4 members (excludes halogenated alkanes) is 29. The lowest BCUT2D eigenvalue weighted by molar-refractivity contribution is -0.301. The van der Waals surface area contributed by atoms with Gasteiger partial charge in [-0.05, 0) is 83.5 Å². The SMILES string of the molecule is CC/C=C\C/C=C\C/C=C\C/C=C\CCCCCCCCCCCCC(=O)OC(COCCCCCCCCCCCCCCCC/C=C\C/C=C\CCCCCCC)COC1OC(CO)C(O)C(OS(=O)(=O)O)C1O. The highest BCUT2D eigenvalue weighted by Gasteiger charge is 2.48. The smallest absolute Gasteiger partial charge is 0.397 e. The first-order chi connectivity index (χ1) is 37.1. The maximum Gasteiger partial charge on any atom is 0.397 e. The Kier molecular flexibility index (Phi) is 50.1. The van der Waals surface area contributed by atoms with Crippen molar-refractivity contribution >= 4 is 16.4 Å². The number of hydrogen-bond donors (Lipinski definition) is 4. The molecule has 76 heavy (non-hydrogen) atoms. The van der Waals surface area contributed by atoms with E-state index in [0.29, 0.717) is 13.0 Å². The van der Waals surface area contributed by atoms with Crippen LogP contribution in [0.3, 0.4) is 0 Å². The van der Waals surface area contributed by atoms with Gasteiger partial charge in [-0.15, -0.1) is 0 Å². The fourth-order valence-corrected chi connectivity index (χ4v) is 9.73. The van der Waals surface area contributed by atoms with Crippen molar-refractivity contribution in [2.75, 3.05) is 26.4 Å². The standard InChI is InChI=1S/C63H112O12S/c1-3-5-7-9-11-13-15-17-19-21-23-25-27-28-29-31-33-35-37-39-41-43-45-47-49-51-53-71-55-57(56-72-63-61(67)62(75-76(68,69)70)60(66)58(54-64)74-63)73-59(65)52-50-48-46-44-42-40-38-36-34-32-30-26-24-22-20-18-16-14-12-10-8-6-4-2/h6,8,12,14-15,17-18,20-21,23-24,26,57-58,60-64,66-67H,3-5,7,9-11,13,16,19,22,25,27-56H2,1-2H3,(H,68,69,70)/b8-6-,14-12-,17-15-,20-18-,23-21-,26-24-. The number of allylic oxidation sites excluding steroid dienone is 12. The largest absolute Gasteiger partial charge is 0.457 e. The number of hydrogen-bond acceptors (Lipinski definition) is 11. The molecule has 1 fully saturated rings. The summed E-state index contributed by atoms with van der Waals surface area (Å²) in [6.07, 6.45) is 62.3. The third-order valence-corrected chi connectivity index (χ3v) is 14.3. The molecule has 0 radical (unpaired) electrons. The van der Waals surface area contributed by atoms with Crippen LogP contribution >= 0.6 is 0 Å². The second-order valence-corrected chi connectivity index (χ2v) is 22.0. The topological polar surface area (TPSA) is 178 Å². The van der Waals surface area contributed by atoms with E-state index in [-0.39, 0.29) is 19.6 Å². The summed E-state index contributed by atoms with van der Waals surface area (Å²) in [5.74, 6) is -0.403. The van der Waals surface area contributed by atoms with Crippen LogP contribution in [0.5, 0.6) is 0 Å². The Morgan fingerprint density at radius 1 is 0.513 bits per heavy atom. The average Bonchev–Trinajstić information content (AvgIpc) is 3.40. The summed E-state index contributed by atoms with van der Waals surface area (Å²) in [5.41, 5.74) is 0. The fraction of sp³-hybridized carbons (Fsp3) is 0.794. The molecule has 0 aromatic rings. The molecule has 4 N–H and O–H groups in total. The molecule has 0 amide bonds. The molecule has 0 aromatic heterocycles. The highest BCUT2D eigenvalue weighted by Crippen LogP contribution is 2.26. The number of carbonyl (C=O) groups excluding carboxylic acids is 1. The van der Waals surface area contributed by atoms with Crippen molar-refractivity contribution in [3.05, 3.63) is 72.9 Å². The van der Waals surface area contributed by atoms with E-state index in [0.717, 1.165) is 77.0 Å². The van der Waals surface area contributed by atoms with Crippen LogP contribution in [-0.4, -0.2) is 97.5 Å². The molecule has 0 spiro atoms. The van der Waals surface area contributed by atoms with Gasteiger partial charge in [-0.1, -0.05) is 241 Å². The van der Waals surface area contributed by atoms with E-state index in [1.54, 1.807) is 0 Å². The predicted molar refractivity (Wildman–Crippen MR) is 312 cm³/mol. The third kappa shape index (κ3) is 45.4. The number of esters is 1. The number of rotatable bonds is 54. The van der Waals surface area contributed by atoms with Crippen LogP contribution in [0.15, 0.2) is 72.9 Å². The Morgan fingerprint density at radius 3 is 1.33 bits per heavy atom. The summed E-state index contributed by atoms with van der Waals surface area (Å²) in [6.45, 7) is 3.90. The first kappa shape index (κ1) is 71.6. The molecule has 0 bridgehead atoms. The molecule has 6 atom stereocenters. The summed E-state index contributed by atoms with van der Waals surface area (Å²) >= 11 is 0. The van der Waals surface area contributed by atoms with Crippen LogP contribution < -0.4 is 0 Å². The number of aliphatic hydroxyl groups excluding tert-OH is 3. The van der Waals surface area contributed by atoms with Crippen molar-refractivity contribution in [3.8, 4) is 0 Å². The summed E-state index contributed by atoms with van der Waals surface area (Å²) < 4.78 is 59.5. The van der Waals surface area contributed by atoms with Crippen molar-refractivity contribution < 1.29 is 56.2 Å². The molecule has 0 saturated carbocycles. The van der Waals surface area contributed by atoms with Gasteiger partial charge in [-0.3, -0.25) is 9.35 Å². The first-order valence-electron chi connectivity index (χ1n) is 30.7. The Bertz CT molecular complexity index is 1590. The van der Waals surface area contributed by atoms with Gasteiger partial charge in [0.25, 0.3) is 0 Å². The maximum absolute atomic E-state index is 13.0. The number of aliphatic hydroxyl groups is 3. The Labute approximate surface area is 464 Å². The van der Waals surface area contributed by atoms with Crippen LogP contribution in [-0.2, 0) is 38.3 Å². The van der Waals surface area contributed by atoms with Crippen LogP contribution in [0, 0.1) is 0 Å². The minimum atomic E-state index is -5.07. The van der Waals surface area contributed by atoms with E-state index in [1.165, 1.54) is 154 Å². The molecular formula is C63H112O12S. The molecule has 1 aliphatic rings. The van der Waals surface area contributed by atoms with Gasteiger partial charge in [0.05, 0.1) is 19.8 Å². The Morgan fingerprint density at radius 2 is 0.908 bits per heavy atom. The highest BCUT2D eigenvalue weighted by atomic mass is 32.3. The van der Waals surface area contributed by atoms with Crippen LogP contribution in [0.25, 0.3) is 0 Å². The lowest BCUT2D eigenvalue weighted by Crippen LogP contribution is -2.60. The molecule has 6 unspecified atom stereocenters. The van der Waals surface area contributed by atoms with Crippen LogP contribution in [0.2, 0.25) is 0 Å². The highest BCUT2D eigenvalue weighted by molar-refractivity contribution is 7.80. The quantitative estimate of drug-likeness (QED) is 0.0196. The zero-order valence-corrected chi connectivity index (χ0v) is 48.9. The molecule has 0 aromatic carbocycles. The van der Waals surface area contributed by atoms with E-state index < -0.39 is 59.8 Å². The van der Waals surface area contributed by atoms with Gasteiger partial charge >= 0.3 is 16.4 Å². The van der Waals surface area contributed by atoms with Crippen molar-refractivity contribution in [3.63, 3.8) is 0 Å². The molecular weight excluding hydrogens is 981 g/mol. The lowest BCUT2D eigenvalue weighted by Gasteiger charge is -2.41. The number of ether oxygens (including phenoxy) is 4. The van der Waals surface area contributed by atoms with Gasteiger partial charge in [-0.2, -0.15) is 8.42 Å². The monoisotopic (exact) mass is 1090 g/mol. The molecule has 1 heterocycles. The Hall–Kier alpha value is -2.46. The Balaban J connectivity index is 2.27. The van der Waals surface area contributed by atoms with E-state index in [2.05, 4.69) is 90.9 Å². The maximum atomic E-state index is 13.0. The summed E-state index contributed by atoms with van der Waals surface area (Å²) in [6, 6.07) is 0. The van der Waals surface area contributed by atoms with Crippen LogP contribution in [0.1, 0.15) is 258 Å². The third-order valence-electron chi connectivity index (χ3n) is 13.8. The van der Waals surface area contributed by atoms with Crippen molar-refractivity contribution in [1.29, 1.82) is 0 Å². The second-order valence-electron chi connectivity index (χ2n) is 20.9. The second kappa shape index (κ2) is 53.2. The molecule has 12 nitrogen and oxygen atoms in total. The van der Waals surface area contributed by atoms with Gasteiger partial charge < -0.3 is 34.3 Å². The van der Waals surface area contributed by atoms with E-state index in [1.807, 2.05) is 0 Å². The van der Waals surface area contributed by atoms with Crippen molar-refractivity contribution in [1.82, 2.24) is 0 Å². The van der Waals surface area contributed by atoms with Crippen molar-refractivity contribution in [2.24, 2.45) is 0 Å². The summed E-state index contributed by atoms with van der Waals surface area (Å²) in [7, 11) is -5.07. The molecule has 0 aliphatic carbocycles. The molecule has 1 rings (SSSR count). The van der Waals surface area contributed by atoms with Crippen LogP contribution in [0.4, 0.5) is 0 Å². The van der Waals surface area contributed by atoms with Gasteiger partial charge in [0, 0.05) is 13.0 Å². The van der Waals surface area contributed by atoms with Gasteiger partial charge in [-0.25, -0.2) is 4.18 Å². The van der Waals surface area contributed by atoms with E-state index >= 15 is 0 Å². The van der Waals surface area contributed by atoms with Crippen molar-refractivity contribution in [2.45, 2.75) is 295 Å².